The van der Waals surface area contributed by atoms with Crippen LogP contribution in [0.5, 0.6) is 11.5 Å². The summed E-state index contributed by atoms with van der Waals surface area (Å²) in [6, 6.07) is 3.70. The van der Waals surface area contributed by atoms with E-state index in [4.69, 9.17) is 14.2 Å². The fraction of sp³-hybridized carbons (Fsp3) is 0.421. The van der Waals surface area contributed by atoms with E-state index in [1.54, 1.807) is 13.8 Å². The third-order valence-electron chi connectivity index (χ3n) is 4.66. The molecule has 12 heteroatoms. The number of nitrogens with one attached hydrogen (secondary N) is 3. The van der Waals surface area contributed by atoms with Crippen LogP contribution in [0.25, 0.3) is 0 Å². The van der Waals surface area contributed by atoms with E-state index in [9.17, 15) is 24.0 Å². The molecule has 12 nitrogen and oxygen atoms in total. The monoisotopic (exact) mass is 436 g/mol. The lowest BCUT2D eigenvalue weighted by Crippen LogP contribution is -2.45. The summed E-state index contributed by atoms with van der Waals surface area (Å²) < 4.78 is 14.9. The third-order valence-corrected chi connectivity index (χ3v) is 4.66. The molecule has 1 aromatic carbocycles. The number of urea groups is 1. The molecular formula is C19H24N4O8. The largest absolute Gasteiger partial charge is 0.493 e. The van der Waals surface area contributed by atoms with E-state index in [0.29, 0.717) is 17.9 Å². The lowest BCUT2D eigenvalue weighted by atomic mass is 9.99. The molecule has 3 N–H and O–H groups in total. The van der Waals surface area contributed by atoms with Gasteiger partial charge in [0, 0.05) is 5.56 Å². The first-order chi connectivity index (χ1) is 14.6. The molecule has 168 valence electrons. The molecule has 1 heterocycles. The van der Waals surface area contributed by atoms with Gasteiger partial charge in [-0.25, -0.2) is 4.79 Å². The van der Waals surface area contributed by atoms with Gasteiger partial charge in [-0.2, -0.15) is 0 Å². The van der Waals surface area contributed by atoms with Gasteiger partial charge in [-0.1, -0.05) is 6.92 Å². The summed E-state index contributed by atoms with van der Waals surface area (Å²) in [6.45, 7) is 1.92. The number of methoxy groups -OCH3 is 2. The second-order valence-electron chi connectivity index (χ2n) is 6.74. The summed E-state index contributed by atoms with van der Waals surface area (Å²) >= 11 is 0. The van der Waals surface area contributed by atoms with Crippen molar-refractivity contribution < 1.29 is 38.2 Å². The number of imide groups is 1. The Labute approximate surface area is 178 Å². The maximum atomic E-state index is 12.2. The number of ether oxygens (including phenoxy) is 3. The van der Waals surface area contributed by atoms with E-state index in [1.807, 2.05) is 0 Å². The van der Waals surface area contributed by atoms with Crippen molar-refractivity contribution in [1.82, 2.24) is 21.1 Å². The molecule has 1 aromatic rings. The molecule has 1 saturated heterocycles. The van der Waals surface area contributed by atoms with E-state index in [2.05, 4.69) is 16.2 Å². The van der Waals surface area contributed by atoms with Crippen LogP contribution in [-0.4, -0.2) is 67.5 Å². The van der Waals surface area contributed by atoms with Gasteiger partial charge in [0.2, 0.25) is 0 Å². The van der Waals surface area contributed by atoms with Gasteiger partial charge in [0.25, 0.3) is 17.7 Å². The van der Waals surface area contributed by atoms with Crippen molar-refractivity contribution in [3.63, 3.8) is 0 Å². The molecule has 2 rings (SSSR count). The van der Waals surface area contributed by atoms with E-state index in [1.165, 1.54) is 32.4 Å². The van der Waals surface area contributed by atoms with Crippen molar-refractivity contribution in [1.29, 1.82) is 0 Å². The Morgan fingerprint density at radius 2 is 1.77 bits per heavy atom. The lowest BCUT2D eigenvalue weighted by molar-refractivity contribution is -0.151. The topological polar surface area (TPSA) is 152 Å². The zero-order valence-corrected chi connectivity index (χ0v) is 17.6. The second kappa shape index (κ2) is 9.78. The minimum atomic E-state index is -1.08. The highest BCUT2D eigenvalue weighted by atomic mass is 16.5. The number of amides is 5. The van der Waals surface area contributed by atoms with Crippen molar-refractivity contribution in [2.24, 2.45) is 0 Å². The second-order valence-corrected chi connectivity index (χ2v) is 6.74. The third kappa shape index (κ3) is 5.41. The Hall–Kier alpha value is -3.83. The van der Waals surface area contributed by atoms with Crippen molar-refractivity contribution in [3.05, 3.63) is 23.8 Å². The van der Waals surface area contributed by atoms with Crippen LogP contribution in [0.15, 0.2) is 18.2 Å². The van der Waals surface area contributed by atoms with Gasteiger partial charge in [0.15, 0.2) is 18.1 Å². The van der Waals surface area contributed by atoms with Crippen LogP contribution in [0.3, 0.4) is 0 Å². The quantitative estimate of drug-likeness (QED) is 0.286. The summed E-state index contributed by atoms with van der Waals surface area (Å²) in [7, 11) is 2.87. The lowest BCUT2D eigenvalue weighted by Gasteiger charge is -2.18. The van der Waals surface area contributed by atoms with Crippen LogP contribution in [0.1, 0.15) is 30.6 Å². The summed E-state index contributed by atoms with van der Waals surface area (Å²) in [6.07, 6.45) is 0.352. The number of benzene rings is 1. The summed E-state index contributed by atoms with van der Waals surface area (Å²) in [5.41, 5.74) is 3.36. The number of hydrogen-bond donors (Lipinski definition) is 3. The molecule has 1 atom stereocenters. The zero-order valence-electron chi connectivity index (χ0n) is 17.6. The fourth-order valence-electron chi connectivity index (χ4n) is 2.66. The number of carbonyl (C=O) groups is 5. The molecule has 1 aliphatic rings. The van der Waals surface area contributed by atoms with Gasteiger partial charge < -0.3 is 19.5 Å². The smallest absolute Gasteiger partial charge is 0.326 e. The standard InChI is InChI=1S/C19H24N4O8/c1-5-19(2)17(27)23(18(28)20-19)9-15(25)31-10-14(24)21-22-16(26)11-6-7-12(29-3)13(8-11)30-4/h6-8H,5,9-10H2,1-4H3,(H,20,28)(H,21,24)(H,22,26). The maximum Gasteiger partial charge on any atom is 0.326 e. The molecule has 1 aliphatic heterocycles. The normalized spacial score (nSPS) is 17.6. The number of esters is 1. The highest BCUT2D eigenvalue weighted by molar-refractivity contribution is 6.08. The Kier molecular flexibility index (Phi) is 7.40. The predicted molar refractivity (Wildman–Crippen MR) is 105 cm³/mol. The van der Waals surface area contributed by atoms with Crippen LogP contribution >= 0.6 is 0 Å². The average molecular weight is 436 g/mol. The summed E-state index contributed by atoms with van der Waals surface area (Å²) in [5.74, 6) is -2.21. The molecule has 31 heavy (non-hydrogen) atoms. The van der Waals surface area contributed by atoms with Gasteiger partial charge in [-0.3, -0.25) is 34.9 Å². The average Bonchev–Trinajstić information content (AvgIpc) is 2.98. The molecule has 0 spiro atoms. The van der Waals surface area contributed by atoms with Crippen molar-refractivity contribution >= 4 is 29.7 Å². The van der Waals surface area contributed by atoms with E-state index >= 15 is 0 Å². The van der Waals surface area contributed by atoms with Crippen LogP contribution in [0.4, 0.5) is 4.79 Å². The number of rotatable bonds is 8. The molecule has 1 unspecified atom stereocenters. The Balaban J connectivity index is 1.80. The number of carbonyl (C=O) groups excluding carboxylic acids is 5. The molecule has 1 fully saturated rings. The van der Waals surface area contributed by atoms with Gasteiger partial charge in [0.1, 0.15) is 12.1 Å². The molecule has 5 amide bonds. The van der Waals surface area contributed by atoms with Crippen molar-refractivity contribution in [2.75, 3.05) is 27.4 Å². The molecule has 0 radical (unpaired) electrons. The van der Waals surface area contributed by atoms with Crippen molar-refractivity contribution in [2.45, 2.75) is 25.8 Å². The first-order valence-electron chi connectivity index (χ1n) is 9.26. The Morgan fingerprint density at radius 1 is 1.10 bits per heavy atom. The molecule has 0 saturated carbocycles. The SMILES string of the molecule is CCC1(C)NC(=O)N(CC(=O)OCC(=O)NNC(=O)c2ccc(OC)c(OC)c2)C1=O. The van der Waals surface area contributed by atoms with Crippen LogP contribution in [0, 0.1) is 0 Å². The highest BCUT2D eigenvalue weighted by Gasteiger charge is 2.47. The molecule has 0 aliphatic carbocycles. The van der Waals surface area contributed by atoms with Gasteiger partial charge >= 0.3 is 12.0 Å². The van der Waals surface area contributed by atoms with Gasteiger partial charge in [-0.15, -0.1) is 0 Å². The molecule has 0 bridgehead atoms. The zero-order chi connectivity index (χ0) is 23.2. The molecular weight excluding hydrogens is 412 g/mol. The number of hydrazine groups is 1. The summed E-state index contributed by atoms with van der Waals surface area (Å²) in [4.78, 5) is 60.7. The maximum absolute atomic E-state index is 12.2. The fourth-order valence-corrected chi connectivity index (χ4v) is 2.66. The van der Waals surface area contributed by atoms with E-state index in [-0.39, 0.29) is 5.56 Å². The first kappa shape index (κ1) is 23.4. The predicted octanol–water partition coefficient (Wildman–Crippen LogP) is -0.271. The van der Waals surface area contributed by atoms with Crippen LogP contribution < -0.4 is 25.6 Å². The summed E-state index contributed by atoms with van der Waals surface area (Å²) in [5, 5.41) is 2.50. The Morgan fingerprint density at radius 3 is 2.35 bits per heavy atom. The highest BCUT2D eigenvalue weighted by Crippen LogP contribution is 2.27. The van der Waals surface area contributed by atoms with Crippen LogP contribution in [-0.2, 0) is 19.1 Å². The van der Waals surface area contributed by atoms with Gasteiger partial charge in [-0.05, 0) is 31.5 Å². The first-order valence-corrected chi connectivity index (χ1v) is 9.26. The minimum Gasteiger partial charge on any atom is -0.493 e. The van der Waals surface area contributed by atoms with Crippen molar-refractivity contribution in [3.8, 4) is 11.5 Å². The Bertz CT molecular complexity index is 903. The van der Waals surface area contributed by atoms with Crippen LogP contribution in [0.2, 0.25) is 0 Å². The number of nitrogens with zero attached hydrogens (tertiary/aromatic N) is 1. The molecule has 0 aromatic heterocycles. The minimum absolute atomic E-state index is 0.187. The van der Waals surface area contributed by atoms with Gasteiger partial charge in [0.05, 0.1) is 14.2 Å². The van der Waals surface area contributed by atoms with E-state index < -0.39 is 48.4 Å². The van der Waals surface area contributed by atoms with E-state index in [0.717, 1.165) is 4.90 Å². The number of hydrogen-bond acceptors (Lipinski definition) is 8.